The average molecular weight is 428 g/mol. The van der Waals surface area contributed by atoms with Crippen LogP contribution in [0.5, 0.6) is 0 Å². The Morgan fingerprint density at radius 3 is 1.14 bits per heavy atom. The molecule has 0 saturated heterocycles. The minimum atomic E-state index is -2.84. The van der Waals surface area contributed by atoms with Gasteiger partial charge in [-0.25, -0.2) is 0 Å². The standard InChI is InChI=1S/C5H5.5CH3.3ClH.Hf/c1-2-4-5-3-1;;;;;;;;;/h1-5H;5*1H3;3*1H;. The van der Waals surface area contributed by atoms with Gasteiger partial charge in [-0.05, 0) is 0 Å². The molecule has 0 unspecified atom stereocenters. The Morgan fingerprint density at radius 2 is 1.00 bits per heavy atom. The summed E-state index contributed by atoms with van der Waals surface area (Å²) in [6, 6.07) is 0. The SMILES string of the molecule is Cl.Cl.Cl.[CH3][Hf]([CH3])([CH3])([CH3])([CH3])[CH]1C=CC=C1. The van der Waals surface area contributed by atoms with Crippen molar-refractivity contribution >= 4 is 37.2 Å². The van der Waals surface area contributed by atoms with E-state index in [-0.39, 0.29) is 37.2 Å². The van der Waals surface area contributed by atoms with Crippen LogP contribution in [0.2, 0.25) is 27.1 Å². The second-order valence-corrected chi connectivity index (χ2v) is 56.4. The third-order valence-corrected chi connectivity index (χ3v) is 15.8. The molecule has 1 aliphatic rings. The van der Waals surface area contributed by atoms with E-state index in [9.17, 15) is 0 Å². The molecule has 0 radical (unpaired) electrons. The molecule has 0 spiro atoms. The van der Waals surface area contributed by atoms with E-state index in [1.165, 1.54) is 0 Å². The monoisotopic (exact) mass is 428 g/mol. The van der Waals surface area contributed by atoms with Crippen molar-refractivity contribution in [2.75, 3.05) is 0 Å². The molecule has 1 rings (SSSR count). The summed E-state index contributed by atoms with van der Waals surface area (Å²) in [4.78, 5) is 0. The van der Waals surface area contributed by atoms with E-state index < -0.39 is 17.0 Å². The van der Waals surface area contributed by atoms with Crippen LogP contribution in [-0.2, 0) is 17.0 Å². The van der Waals surface area contributed by atoms with Crippen LogP contribution >= 0.6 is 37.2 Å². The minimum absolute atomic E-state index is 0. The van der Waals surface area contributed by atoms with Crippen LogP contribution < -0.4 is 0 Å². The van der Waals surface area contributed by atoms with Gasteiger partial charge in [0.05, 0.1) is 0 Å². The Hall–Kier alpha value is 1.22. The predicted octanol–water partition coefficient (Wildman–Crippen LogP) is 5.63. The zero-order chi connectivity index (χ0) is 8.81. The van der Waals surface area contributed by atoms with E-state index in [1.807, 2.05) is 0 Å². The zero-order valence-corrected chi connectivity index (χ0v) is 15.7. The molecule has 0 saturated carbocycles. The van der Waals surface area contributed by atoms with E-state index in [0.717, 1.165) is 3.67 Å². The number of rotatable bonds is 1. The molecule has 0 aromatic rings. The van der Waals surface area contributed by atoms with E-state index in [0.29, 0.717) is 0 Å². The van der Waals surface area contributed by atoms with E-state index in [1.54, 1.807) is 0 Å². The molecule has 0 heterocycles. The van der Waals surface area contributed by atoms with E-state index in [2.05, 4.69) is 47.7 Å². The van der Waals surface area contributed by atoms with E-state index >= 15 is 0 Å². The van der Waals surface area contributed by atoms with Crippen LogP contribution in [0.4, 0.5) is 0 Å². The first-order chi connectivity index (χ1) is 4.59. The van der Waals surface area contributed by atoms with Gasteiger partial charge >= 0.3 is 68.4 Å². The summed E-state index contributed by atoms with van der Waals surface area (Å²) in [6.07, 6.45) is 9.09. The second-order valence-electron chi connectivity index (χ2n) is 7.74. The first-order valence-electron chi connectivity index (χ1n) is 4.46. The molecule has 0 fully saturated rings. The molecular formula is C10H23Cl3Hf. The first-order valence-corrected chi connectivity index (χ1v) is 24.5. The molecular weight excluding hydrogens is 405 g/mol. The normalized spacial score (nSPS) is 19.8. The molecule has 0 N–H and O–H groups in total. The van der Waals surface area contributed by atoms with Gasteiger partial charge in [-0.3, -0.25) is 0 Å². The number of allylic oxidation sites excluding steroid dienone is 4. The average Bonchev–Trinajstić information content (AvgIpc) is 2.01. The third kappa shape index (κ3) is 5.95. The molecule has 0 aromatic carbocycles. The van der Waals surface area contributed by atoms with Crippen molar-refractivity contribution in [3.63, 3.8) is 0 Å². The van der Waals surface area contributed by atoms with Gasteiger partial charge in [0.25, 0.3) is 0 Å². The Kier molecular flexibility index (Phi) is 6.79. The van der Waals surface area contributed by atoms with Crippen LogP contribution in [0, 0.1) is 0 Å². The molecule has 0 bridgehead atoms. The number of hydrogen-bond acceptors (Lipinski definition) is 0. The third-order valence-electron chi connectivity index (χ3n) is 2.41. The van der Waals surface area contributed by atoms with Crippen molar-refractivity contribution in [1.29, 1.82) is 0 Å². The molecule has 1 aliphatic carbocycles. The second kappa shape index (κ2) is 4.61. The van der Waals surface area contributed by atoms with Crippen LogP contribution in [0.15, 0.2) is 24.3 Å². The molecule has 14 heavy (non-hydrogen) atoms. The number of halogens is 3. The topological polar surface area (TPSA) is 0 Å². The van der Waals surface area contributed by atoms with Crippen molar-refractivity contribution in [3.8, 4) is 0 Å². The predicted molar refractivity (Wildman–Crippen MR) is 73.1 cm³/mol. The van der Waals surface area contributed by atoms with Crippen molar-refractivity contribution in [2.45, 2.75) is 27.1 Å². The summed E-state index contributed by atoms with van der Waals surface area (Å²) < 4.78 is 13.3. The van der Waals surface area contributed by atoms with Crippen molar-refractivity contribution in [2.24, 2.45) is 0 Å². The maximum absolute atomic E-state index is 2.84. The molecule has 4 heteroatoms. The van der Waals surface area contributed by atoms with Gasteiger partial charge in [-0.15, -0.1) is 37.2 Å². The summed E-state index contributed by atoms with van der Waals surface area (Å²) in [6.45, 7) is 0. The fourth-order valence-corrected chi connectivity index (χ4v) is 9.11. The molecule has 88 valence electrons. The summed E-state index contributed by atoms with van der Waals surface area (Å²) in [5, 5.41) is 0. The Morgan fingerprint density at radius 1 is 0.714 bits per heavy atom. The van der Waals surface area contributed by atoms with Crippen molar-refractivity contribution in [1.82, 2.24) is 0 Å². The molecule has 0 nitrogen and oxygen atoms in total. The summed E-state index contributed by atoms with van der Waals surface area (Å²) in [5.74, 6) is 0. The molecule has 0 atom stereocenters. The first kappa shape index (κ1) is 20.6. The zero-order valence-electron chi connectivity index (χ0n) is 9.61. The van der Waals surface area contributed by atoms with Gasteiger partial charge in [-0.2, -0.15) is 0 Å². The number of hydrogen-bond donors (Lipinski definition) is 0. The van der Waals surface area contributed by atoms with Gasteiger partial charge in [-0.1, -0.05) is 0 Å². The molecule has 0 aliphatic heterocycles. The van der Waals surface area contributed by atoms with Gasteiger partial charge in [0.15, 0.2) is 0 Å². The molecule has 0 amide bonds. The van der Waals surface area contributed by atoms with E-state index in [4.69, 9.17) is 0 Å². The fraction of sp³-hybridized carbons (Fsp3) is 0.600. The summed E-state index contributed by atoms with van der Waals surface area (Å²) in [5.41, 5.74) is 0. The Balaban J connectivity index is -0.000000403. The van der Waals surface area contributed by atoms with Crippen LogP contribution in [0.25, 0.3) is 0 Å². The van der Waals surface area contributed by atoms with Crippen LogP contribution in [-0.4, -0.2) is 0 Å². The Labute approximate surface area is 105 Å². The van der Waals surface area contributed by atoms with Gasteiger partial charge in [0.2, 0.25) is 0 Å². The fourth-order valence-electron chi connectivity index (χ4n) is 1.39. The van der Waals surface area contributed by atoms with Gasteiger partial charge in [0, 0.05) is 0 Å². The summed E-state index contributed by atoms with van der Waals surface area (Å²) in [7, 11) is 0. The molecule has 0 aromatic heterocycles. The van der Waals surface area contributed by atoms with Crippen LogP contribution in [0.3, 0.4) is 0 Å². The Bertz CT molecular complexity index is 220. The van der Waals surface area contributed by atoms with Gasteiger partial charge < -0.3 is 0 Å². The summed E-state index contributed by atoms with van der Waals surface area (Å²) >= 11 is -2.84. The maximum atomic E-state index is 2.51. The quantitative estimate of drug-likeness (QED) is 0.475. The van der Waals surface area contributed by atoms with Crippen molar-refractivity contribution in [3.05, 3.63) is 24.3 Å². The van der Waals surface area contributed by atoms with Gasteiger partial charge in [0.1, 0.15) is 0 Å². The van der Waals surface area contributed by atoms with Crippen LogP contribution in [0.1, 0.15) is 0 Å². The van der Waals surface area contributed by atoms with Crippen molar-refractivity contribution < 1.29 is 17.0 Å².